The molecule has 0 radical (unpaired) electrons. The zero-order valence-electron chi connectivity index (χ0n) is 9.20. The molecule has 3 nitrogen and oxygen atoms in total. The van der Waals surface area contributed by atoms with Crippen molar-refractivity contribution in [3.63, 3.8) is 0 Å². The van der Waals surface area contributed by atoms with Crippen LogP contribution >= 0.6 is 34.8 Å². The number of pyridine rings is 1. The van der Waals surface area contributed by atoms with Gasteiger partial charge in [-0.3, -0.25) is 10.8 Å². The minimum Gasteiger partial charge on any atom is -0.271 e. The van der Waals surface area contributed by atoms with Gasteiger partial charge in [-0.15, -0.1) is 0 Å². The Morgan fingerprint density at radius 1 is 1.11 bits per heavy atom. The number of benzene rings is 1. The second-order valence-electron chi connectivity index (χ2n) is 3.64. The van der Waals surface area contributed by atoms with Gasteiger partial charge in [0.05, 0.1) is 21.8 Å². The summed E-state index contributed by atoms with van der Waals surface area (Å²) in [5.41, 5.74) is 4.05. The molecular weight excluding hydrogens is 293 g/mol. The molecule has 1 atom stereocenters. The van der Waals surface area contributed by atoms with Crippen LogP contribution in [0.2, 0.25) is 15.1 Å². The molecule has 2 rings (SSSR count). The lowest BCUT2D eigenvalue weighted by Crippen LogP contribution is -2.30. The van der Waals surface area contributed by atoms with E-state index < -0.39 is 0 Å². The third-order valence-electron chi connectivity index (χ3n) is 2.49. The second-order valence-corrected chi connectivity index (χ2v) is 4.89. The minimum atomic E-state index is -0.386. The van der Waals surface area contributed by atoms with E-state index in [4.69, 9.17) is 40.6 Å². The van der Waals surface area contributed by atoms with Crippen molar-refractivity contribution in [2.45, 2.75) is 6.04 Å². The number of hydrazine groups is 1. The molecule has 0 amide bonds. The fourth-order valence-electron chi connectivity index (χ4n) is 1.66. The summed E-state index contributed by atoms with van der Waals surface area (Å²) >= 11 is 18.1. The van der Waals surface area contributed by atoms with E-state index in [1.807, 2.05) is 18.2 Å². The van der Waals surface area contributed by atoms with Crippen LogP contribution in [0.4, 0.5) is 0 Å². The molecule has 1 heterocycles. The molecule has 0 spiro atoms. The topological polar surface area (TPSA) is 50.9 Å². The van der Waals surface area contributed by atoms with Crippen molar-refractivity contribution in [1.82, 2.24) is 10.4 Å². The fourth-order valence-corrected chi connectivity index (χ4v) is 2.40. The number of nitrogens with two attached hydrogens (primary N) is 1. The van der Waals surface area contributed by atoms with E-state index in [0.29, 0.717) is 20.8 Å². The monoisotopic (exact) mass is 301 g/mol. The highest BCUT2D eigenvalue weighted by Gasteiger charge is 2.19. The van der Waals surface area contributed by atoms with Crippen molar-refractivity contribution in [3.05, 3.63) is 62.9 Å². The molecule has 0 saturated heterocycles. The zero-order valence-corrected chi connectivity index (χ0v) is 11.5. The molecule has 18 heavy (non-hydrogen) atoms. The SMILES string of the molecule is NNC(c1ccccc1Cl)c1ncc(Cl)cc1Cl. The Morgan fingerprint density at radius 2 is 1.83 bits per heavy atom. The minimum absolute atomic E-state index is 0.386. The van der Waals surface area contributed by atoms with Crippen molar-refractivity contribution >= 4 is 34.8 Å². The normalized spacial score (nSPS) is 12.4. The molecule has 1 aromatic carbocycles. The Hall–Kier alpha value is -0.840. The number of nitrogens with one attached hydrogen (secondary N) is 1. The molecule has 0 bridgehead atoms. The average molecular weight is 303 g/mol. The number of halogens is 3. The first-order valence-corrected chi connectivity index (χ1v) is 6.28. The molecule has 1 unspecified atom stereocenters. The summed E-state index contributed by atoms with van der Waals surface area (Å²) in [4.78, 5) is 4.20. The van der Waals surface area contributed by atoms with Crippen molar-refractivity contribution in [1.29, 1.82) is 0 Å². The smallest absolute Gasteiger partial charge is 0.0910 e. The van der Waals surface area contributed by atoms with Gasteiger partial charge in [-0.2, -0.15) is 0 Å². The van der Waals surface area contributed by atoms with Crippen molar-refractivity contribution in [2.75, 3.05) is 0 Å². The van der Waals surface area contributed by atoms with Gasteiger partial charge in [-0.25, -0.2) is 5.43 Å². The van der Waals surface area contributed by atoms with Gasteiger partial charge < -0.3 is 0 Å². The molecule has 0 aliphatic carbocycles. The van der Waals surface area contributed by atoms with E-state index in [1.54, 1.807) is 12.1 Å². The lowest BCUT2D eigenvalue weighted by atomic mass is 10.0. The molecule has 0 saturated carbocycles. The molecule has 0 aliphatic heterocycles. The number of aromatic nitrogens is 1. The quantitative estimate of drug-likeness (QED) is 0.673. The summed E-state index contributed by atoms with van der Waals surface area (Å²) in [7, 11) is 0. The van der Waals surface area contributed by atoms with Crippen LogP contribution in [0.15, 0.2) is 36.5 Å². The van der Waals surface area contributed by atoms with E-state index >= 15 is 0 Å². The van der Waals surface area contributed by atoms with E-state index in [9.17, 15) is 0 Å². The molecule has 0 aliphatic rings. The van der Waals surface area contributed by atoms with Crippen molar-refractivity contribution < 1.29 is 0 Å². The first-order chi connectivity index (χ1) is 8.63. The maximum absolute atomic E-state index is 6.14. The first-order valence-electron chi connectivity index (χ1n) is 5.15. The summed E-state index contributed by atoms with van der Waals surface area (Å²) in [5, 5.41) is 1.50. The summed E-state index contributed by atoms with van der Waals surface area (Å²) < 4.78 is 0. The molecule has 0 fully saturated rings. The third kappa shape index (κ3) is 2.76. The van der Waals surface area contributed by atoms with Gasteiger partial charge in [0.1, 0.15) is 0 Å². The Morgan fingerprint density at radius 3 is 2.44 bits per heavy atom. The largest absolute Gasteiger partial charge is 0.271 e. The second kappa shape index (κ2) is 5.87. The van der Waals surface area contributed by atoms with Crippen molar-refractivity contribution in [3.8, 4) is 0 Å². The lowest BCUT2D eigenvalue weighted by Gasteiger charge is -2.18. The van der Waals surface area contributed by atoms with Gasteiger partial charge in [0.25, 0.3) is 0 Å². The third-order valence-corrected chi connectivity index (χ3v) is 3.35. The van der Waals surface area contributed by atoms with E-state index in [2.05, 4.69) is 10.4 Å². The van der Waals surface area contributed by atoms with E-state index in [1.165, 1.54) is 6.20 Å². The zero-order chi connectivity index (χ0) is 13.1. The molecular formula is C12H10Cl3N3. The van der Waals surface area contributed by atoms with Crippen LogP contribution in [0.1, 0.15) is 17.3 Å². The molecule has 3 N–H and O–H groups in total. The summed E-state index contributed by atoms with van der Waals surface area (Å²) in [5.74, 6) is 5.57. The van der Waals surface area contributed by atoms with Crippen LogP contribution in [0, 0.1) is 0 Å². The highest BCUT2D eigenvalue weighted by Crippen LogP contribution is 2.31. The van der Waals surface area contributed by atoms with Crippen molar-refractivity contribution in [2.24, 2.45) is 5.84 Å². The Balaban J connectivity index is 2.49. The standard InChI is InChI=1S/C12H10Cl3N3/c13-7-5-10(15)12(17-6-7)11(18-16)8-3-1-2-4-9(8)14/h1-6,11,18H,16H2. The molecule has 1 aromatic heterocycles. The van der Waals surface area contributed by atoms with Gasteiger partial charge in [0.2, 0.25) is 0 Å². The van der Waals surface area contributed by atoms with Crippen LogP contribution in [0.5, 0.6) is 0 Å². The number of rotatable bonds is 3. The number of hydrogen-bond acceptors (Lipinski definition) is 3. The van der Waals surface area contributed by atoms with Gasteiger partial charge in [0.15, 0.2) is 0 Å². The number of hydrogen-bond donors (Lipinski definition) is 2. The molecule has 2 aromatic rings. The average Bonchev–Trinajstić information content (AvgIpc) is 2.34. The molecule has 94 valence electrons. The van der Waals surface area contributed by atoms with Gasteiger partial charge in [-0.05, 0) is 17.7 Å². The van der Waals surface area contributed by atoms with E-state index in [-0.39, 0.29) is 6.04 Å². The fraction of sp³-hybridized carbons (Fsp3) is 0.0833. The predicted octanol–water partition coefficient (Wildman–Crippen LogP) is 3.59. The van der Waals surface area contributed by atoms with Gasteiger partial charge in [0, 0.05) is 11.2 Å². The van der Waals surface area contributed by atoms with Crippen LogP contribution < -0.4 is 11.3 Å². The van der Waals surface area contributed by atoms with Gasteiger partial charge in [-0.1, -0.05) is 53.0 Å². The highest BCUT2D eigenvalue weighted by atomic mass is 35.5. The predicted molar refractivity (Wildman–Crippen MR) is 74.9 cm³/mol. The maximum Gasteiger partial charge on any atom is 0.0910 e. The Bertz CT molecular complexity index is 560. The lowest BCUT2D eigenvalue weighted by molar-refractivity contribution is 0.621. The maximum atomic E-state index is 6.14. The summed E-state index contributed by atoms with van der Waals surface area (Å²) in [6.45, 7) is 0. The highest BCUT2D eigenvalue weighted by molar-refractivity contribution is 6.35. The Labute approximate surface area is 120 Å². The van der Waals surface area contributed by atoms with E-state index in [0.717, 1.165) is 5.56 Å². The number of nitrogens with zero attached hydrogens (tertiary/aromatic N) is 1. The Kier molecular flexibility index (Phi) is 4.43. The first kappa shape index (κ1) is 13.6. The molecule has 6 heteroatoms. The summed E-state index contributed by atoms with van der Waals surface area (Å²) in [6.07, 6.45) is 1.52. The van der Waals surface area contributed by atoms with Crippen LogP contribution in [-0.4, -0.2) is 4.98 Å². The van der Waals surface area contributed by atoms with Crippen LogP contribution in [-0.2, 0) is 0 Å². The summed E-state index contributed by atoms with van der Waals surface area (Å²) in [6, 6.07) is 8.59. The van der Waals surface area contributed by atoms with Gasteiger partial charge >= 0.3 is 0 Å². The van der Waals surface area contributed by atoms with Crippen LogP contribution in [0.3, 0.4) is 0 Å². The van der Waals surface area contributed by atoms with Crippen LogP contribution in [0.25, 0.3) is 0 Å².